The molecule has 6 heteroatoms. The molecule has 0 aromatic carbocycles. The SMILES string of the molecule is Cn1cc(NC(=O)c2ccc(C#CCN)cn2)cn1. The maximum Gasteiger partial charge on any atom is 0.274 e. The van der Waals surface area contributed by atoms with Crippen LogP contribution < -0.4 is 11.1 Å². The Morgan fingerprint density at radius 3 is 2.89 bits per heavy atom. The molecule has 3 N–H and O–H groups in total. The zero-order valence-corrected chi connectivity index (χ0v) is 10.4. The van der Waals surface area contributed by atoms with Crippen molar-refractivity contribution in [3.05, 3.63) is 42.0 Å². The number of carbonyl (C=O) groups is 1. The van der Waals surface area contributed by atoms with Crippen molar-refractivity contribution in [1.29, 1.82) is 0 Å². The third-order valence-corrected chi connectivity index (χ3v) is 2.29. The number of aryl methyl sites for hydroxylation is 1. The summed E-state index contributed by atoms with van der Waals surface area (Å²) in [7, 11) is 1.78. The van der Waals surface area contributed by atoms with Gasteiger partial charge in [0.05, 0.1) is 18.4 Å². The van der Waals surface area contributed by atoms with Crippen molar-refractivity contribution in [2.24, 2.45) is 12.8 Å². The fourth-order valence-electron chi connectivity index (χ4n) is 1.44. The summed E-state index contributed by atoms with van der Waals surface area (Å²) in [6.45, 7) is 0.295. The molecule has 2 rings (SSSR count). The van der Waals surface area contributed by atoms with Crippen molar-refractivity contribution in [1.82, 2.24) is 14.8 Å². The highest BCUT2D eigenvalue weighted by Gasteiger charge is 2.08. The van der Waals surface area contributed by atoms with Gasteiger partial charge in [0.25, 0.3) is 5.91 Å². The molecule has 2 heterocycles. The van der Waals surface area contributed by atoms with E-state index in [9.17, 15) is 4.79 Å². The monoisotopic (exact) mass is 255 g/mol. The average molecular weight is 255 g/mol. The lowest BCUT2D eigenvalue weighted by molar-refractivity contribution is 0.102. The Bertz CT molecular complexity index is 633. The van der Waals surface area contributed by atoms with Gasteiger partial charge in [-0.3, -0.25) is 9.48 Å². The summed E-state index contributed by atoms with van der Waals surface area (Å²) < 4.78 is 1.61. The number of aromatic nitrogens is 3. The van der Waals surface area contributed by atoms with E-state index >= 15 is 0 Å². The lowest BCUT2D eigenvalue weighted by Gasteiger charge is -2.01. The van der Waals surface area contributed by atoms with Crippen molar-refractivity contribution in [3.8, 4) is 11.8 Å². The normalized spacial score (nSPS) is 9.58. The summed E-state index contributed by atoms with van der Waals surface area (Å²) in [5.74, 6) is 5.28. The molecular weight excluding hydrogens is 242 g/mol. The van der Waals surface area contributed by atoms with Gasteiger partial charge in [-0.15, -0.1) is 0 Å². The minimum absolute atomic E-state index is 0.286. The van der Waals surface area contributed by atoms with Gasteiger partial charge in [0.15, 0.2) is 0 Å². The van der Waals surface area contributed by atoms with Crippen LogP contribution in [0.4, 0.5) is 5.69 Å². The maximum atomic E-state index is 11.9. The van der Waals surface area contributed by atoms with Gasteiger partial charge < -0.3 is 11.1 Å². The highest BCUT2D eigenvalue weighted by Crippen LogP contribution is 2.06. The lowest BCUT2D eigenvalue weighted by atomic mass is 10.2. The van der Waals surface area contributed by atoms with E-state index < -0.39 is 0 Å². The number of rotatable bonds is 2. The summed E-state index contributed by atoms with van der Waals surface area (Å²) in [6, 6.07) is 3.35. The number of pyridine rings is 1. The lowest BCUT2D eigenvalue weighted by Crippen LogP contribution is -2.13. The molecule has 0 radical (unpaired) electrons. The Balaban J connectivity index is 2.07. The summed E-state index contributed by atoms with van der Waals surface area (Å²) in [5, 5.41) is 6.66. The zero-order valence-electron chi connectivity index (χ0n) is 10.4. The summed E-state index contributed by atoms with van der Waals surface area (Å²) in [5.41, 5.74) is 6.95. The standard InChI is InChI=1S/C13H13N5O/c1-18-9-11(8-16-18)17-13(19)12-5-4-10(7-15-12)3-2-6-14/h4-5,7-9H,6,14H2,1H3,(H,17,19). The van der Waals surface area contributed by atoms with Crippen LogP contribution in [0, 0.1) is 11.8 Å². The minimum atomic E-state index is -0.286. The van der Waals surface area contributed by atoms with E-state index in [0.29, 0.717) is 17.9 Å². The maximum absolute atomic E-state index is 11.9. The predicted molar refractivity (Wildman–Crippen MR) is 71.3 cm³/mol. The molecule has 96 valence electrons. The molecular formula is C13H13N5O. The van der Waals surface area contributed by atoms with Crippen LogP contribution in [-0.4, -0.2) is 27.2 Å². The number of nitrogens with one attached hydrogen (secondary N) is 1. The molecule has 0 bridgehead atoms. The van der Waals surface area contributed by atoms with Gasteiger partial charge in [0.2, 0.25) is 0 Å². The van der Waals surface area contributed by atoms with Gasteiger partial charge in [-0.05, 0) is 12.1 Å². The molecule has 0 saturated heterocycles. The third-order valence-electron chi connectivity index (χ3n) is 2.29. The smallest absolute Gasteiger partial charge is 0.274 e. The van der Waals surface area contributed by atoms with E-state index in [4.69, 9.17) is 5.73 Å². The fraction of sp³-hybridized carbons (Fsp3) is 0.154. The molecule has 0 unspecified atom stereocenters. The fourth-order valence-corrected chi connectivity index (χ4v) is 1.44. The van der Waals surface area contributed by atoms with E-state index in [1.807, 2.05) is 0 Å². The Hall–Kier alpha value is -2.65. The largest absolute Gasteiger partial charge is 0.320 e. The van der Waals surface area contributed by atoms with Crippen LogP contribution >= 0.6 is 0 Å². The third kappa shape index (κ3) is 3.40. The second kappa shape index (κ2) is 5.80. The second-order valence-corrected chi connectivity index (χ2v) is 3.79. The van der Waals surface area contributed by atoms with E-state index in [1.165, 1.54) is 0 Å². The van der Waals surface area contributed by atoms with Crippen molar-refractivity contribution >= 4 is 11.6 Å². The number of amides is 1. The van der Waals surface area contributed by atoms with Gasteiger partial charge in [-0.1, -0.05) is 11.8 Å². The van der Waals surface area contributed by atoms with Crippen LogP contribution in [0.5, 0.6) is 0 Å². The van der Waals surface area contributed by atoms with Gasteiger partial charge in [-0.25, -0.2) is 4.98 Å². The molecule has 6 nitrogen and oxygen atoms in total. The van der Waals surface area contributed by atoms with Crippen LogP contribution in [0.2, 0.25) is 0 Å². The van der Waals surface area contributed by atoms with E-state index in [0.717, 1.165) is 5.56 Å². The Morgan fingerprint density at radius 2 is 2.32 bits per heavy atom. The first-order valence-corrected chi connectivity index (χ1v) is 5.64. The Kier molecular flexibility index (Phi) is 3.90. The number of nitrogens with two attached hydrogens (primary N) is 1. The number of nitrogens with zero attached hydrogens (tertiary/aromatic N) is 3. The van der Waals surface area contributed by atoms with Crippen molar-refractivity contribution in [2.75, 3.05) is 11.9 Å². The summed E-state index contributed by atoms with van der Waals surface area (Å²) >= 11 is 0. The first kappa shape index (κ1) is 12.8. The van der Waals surface area contributed by atoms with Crippen LogP contribution in [0.1, 0.15) is 16.1 Å². The molecule has 2 aromatic heterocycles. The van der Waals surface area contributed by atoms with Crippen LogP contribution in [0.25, 0.3) is 0 Å². The number of hydrogen-bond donors (Lipinski definition) is 2. The molecule has 0 atom stereocenters. The van der Waals surface area contributed by atoms with Crippen LogP contribution in [0.15, 0.2) is 30.7 Å². The summed E-state index contributed by atoms with van der Waals surface area (Å²) in [6.07, 6.45) is 4.82. The number of carbonyl (C=O) groups excluding carboxylic acids is 1. The quantitative estimate of drug-likeness (QED) is 0.759. The van der Waals surface area contributed by atoms with Crippen molar-refractivity contribution in [3.63, 3.8) is 0 Å². The first-order valence-electron chi connectivity index (χ1n) is 5.64. The second-order valence-electron chi connectivity index (χ2n) is 3.79. The van der Waals surface area contributed by atoms with Gasteiger partial charge in [-0.2, -0.15) is 5.10 Å². The van der Waals surface area contributed by atoms with Crippen molar-refractivity contribution in [2.45, 2.75) is 0 Å². The number of hydrogen-bond acceptors (Lipinski definition) is 4. The highest BCUT2D eigenvalue weighted by atomic mass is 16.1. The zero-order chi connectivity index (χ0) is 13.7. The molecule has 0 aliphatic heterocycles. The highest BCUT2D eigenvalue weighted by molar-refractivity contribution is 6.02. The van der Waals surface area contributed by atoms with Gasteiger partial charge >= 0.3 is 0 Å². The topological polar surface area (TPSA) is 85.8 Å². The molecule has 0 spiro atoms. The summed E-state index contributed by atoms with van der Waals surface area (Å²) in [4.78, 5) is 15.9. The number of anilines is 1. The van der Waals surface area contributed by atoms with E-state index in [2.05, 4.69) is 27.2 Å². The average Bonchev–Trinajstić information content (AvgIpc) is 2.82. The Labute approximate surface area is 110 Å². The molecule has 0 fully saturated rings. The molecule has 0 aliphatic carbocycles. The molecule has 0 aliphatic rings. The van der Waals surface area contributed by atoms with Crippen LogP contribution in [0.3, 0.4) is 0 Å². The molecule has 2 aromatic rings. The Morgan fingerprint density at radius 1 is 1.47 bits per heavy atom. The van der Waals surface area contributed by atoms with Gasteiger partial charge in [0.1, 0.15) is 5.69 Å². The van der Waals surface area contributed by atoms with Crippen LogP contribution in [-0.2, 0) is 7.05 Å². The minimum Gasteiger partial charge on any atom is -0.320 e. The van der Waals surface area contributed by atoms with Gasteiger partial charge in [0, 0.05) is 25.0 Å². The molecule has 1 amide bonds. The molecule has 0 saturated carbocycles. The van der Waals surface area contributed by atoms with E-state index in [-0.39, 0.29) is 5.91 Å². The molecule has 19 heavy (non-hydrogen) atoms. The predicted octanol–water partition coefficient (Wildman–Crippen LogP) is 0.378. The first-order chi connectivity index (χ1) is 9.19. The van der Waals surface area contributed by atoms with Crippen molar-refractivity contribution < 1.29 is 4.79 Å². The van der Waals surface area contributed by atoms with E-state index in [1.54, 1.807) is 42.5 Å².